The van der Waals surface area contributed by atoms with E-state index in [1.807, 2.05) is 0 Å². The van der Waals surface area contributed by atoms with Crippen LogP contribution >= 0.6 is 0 Å². The molecule has 117 heavy (non-hydrogen) atoms. The number of aliphatic hydroxyl groups is 6. The highest BCUT2D eigenvalue weighted by Crippen LogP contribution is 2.51. The van der Waals surface area contributed by atoms with E-state index in [1.165, 1.54) is 31.2 Å². The minimum atomic E-state index is -6.60. The lowest BCUT2D eigenvalue weighted by Crippen LogP contribution is -2.67. The van der Waals surface area contributed by atoms with Gasteiger partial charge in [0.05, 0.1) is 29.2 Å². The summed E-state index contributed by atoms with van der Waals surface area (Å²) in [5, 5.41) is 115. The molecule has 3 heterocycles. The maximum absolute atomic E-state index is 13.6. The standard InChI is InChI=1S/C30H49N7O15.5C4HF7O2/c1-9-17(38)20(41)15(34)28(47-9)49-23-13(33)6-12(32)18(39)24(23)51-30-22(43)25(50-29-16(35)21(42)19(40)14(7-31)48-29)26(52-30)27(44)36-8-10-2-4-11(5-3-10)37(45)46;5*5-2(6,1(12)13)3(7,8)4(9,10)11/h2-5,9,12-26,28-30,38-43H,6-8,31-35H2,1H3,(H,36,44);5*(H,12,13)/t9-,12-,13+,14+,15-,16-,17-,18+,19-,20-,21-,22-,23-,24-,25+,26+,28-,29-,30-;;;;;/m1...../s1. The van der Waals surface area contributed by atoms with Gasteiger partial charge in [0.15, 0.2) is 25.0 Å². The Hall–Kier alpha value is -7.69. The van der Waals surface area contributed by atoms with Crippen molar-refractivity contribution >= 4 is 41.4 Å². The number of nitrogens with two attached hydrogens (primary N) is 5. The molecule has 0 spiro atoms. The minimum absolute atomic E-state index is 0.0370. The Bertz CT molecular complexity index is 3210. The fraction of sp³-hybridized carbons (Fsp3) is 0.760. The van der Waals surface area contributed by atoms with Crippen LogP contribution in [0.4, 0.5) is 159 Å². The molecule has 1 saturated carbocycles. The van der Waals surface area contributed by atoms with E-state index in [1.54, 1.807) is 0 Å². The third-order valence-electron chi connectivity index (χ3n) is 15.0. The molecule has 0 aromatic heterocycles. The zero-order valence-electron chi connectivity index (χ0n) is 55.6. The fourth-order valence-corrected chi connectivity index (χ4v) is 8.21. The first kappa shape index (κ1) is 109. The number of halogens is 35. The number of alkyl halides is 35. The highest BCUT2D eigenvalue weighted by atomic mass is 19.5. The van der Waals surface area contributed by atoms with E-state index in [4.69, 9.17) is 82.6 Å². The van der Waals surface area contributed by atoms with Gasteiger partial charge in [-0.05, 0) is 18.9 Å². The maximum Gasteiger partial charge on any atom is 0.460 e. The molecule has 22 N–H and O–H groups in total. The molecule has 4 aliphatic rings. The molecule has 4 fully saturated rings. The van der Waals surface area contributed by atoms with E-state index in [0.717, 1.165) is 0 Å². The predicted molar refractivity (Wildman–Crippen MR) is 291 cm³/mol. The molecule has 32 nitrogen and oxygen atoms in total. The molecule has 5 rings (SSSR count). The number of nitrogens with zero attached hydrogens (tertiary/aromatic N) is 1. The molecule has 19 atom stereocenters. The van der Waals surface area contributed by atoms with Gasteiger partial charge in [-0.3, -0.25) is 14.9 Å². The molecule has 0 bridgehead atoms. The molecule has 1 aliphatic carbocycles. The molecule has 1 aromatic carbocycles. The Morgan fingerprint density at radius 3 is 0.991 bits per heavy atom. The van der Waals surface area contributed by atoms with Crippen molar-refractivity contribution in [2.24, 2.45) is 28.7 Å². The predicted octanol–water partition coefficient (Wildman–Crippen LogP) is 2.92. The second kappa shape index (κ2) is 38.4. The summed E-state index contributed by atoms with van der Waals surface area (Å²) in [6.07, 6.45) is -54.7. The number of rotatable bonds is 21. The fourth-order valence-electron chi connectivity index (χ4n) is 8.21. The summed E-state index contributed by atoms with van der Waals surface area (Å²) in [5.41, 5.74) is 30.7. The van der Waals surface area contributed by atoms with Gasteiger partial charge in [-0.2, -0.15) is 154 Å². The van der Waals surface area contributed by atoms with E-state index in [2.05, 4.69) is 5.32 Å². The smallest absolute Gasteiger partial charge is 0.460 e. The van der Waals surface area contributed by atoms with Crippen molar-refractivity contribution in [3.8, 4) is 0 Å². The summed E-state index contributed by atoms with van der Waals surface area (Å²) in [4.78, 5) is 71.0. The van der Waals surface area contributed by atoms with E-state index in [9.17, 15) is 223 Å². The van der Waals surface area contributed by atoms with E-state index < -0.39 is 247 Å². The van der Waals surface area contributed by atoms with Crippen LogP contribution in [0.3, 0.4) is 0 Å². The molecule has 67 heteroatoms. The third kappa shape index (κ3) is 24.1. The van der Waals surface area contributed by atoms with Gasteiger partial charge in [-0.25, -0.2) is 24.0 Å². The zero-order chi connectivity index (χ0) is 93.6. The van der Waals surface area contributed by atoms with Crippen molar-refractivity contribution in [3.05, 3.63) is 39.9 Å². The largest absolute Gasteiger partial charge is 0.477 e. The first-order valence-corrected chi connectivity index (χ1v) is 29.3. The summed E-state index contributed by atoms with van der Waals surface area (Å²) in [7, 11) is 0. The van der Waals surface area contributed by atoms with Crippen molar-refractivity contribution in [3.63, 3.8) is 0 Å². The number of carbonyl (C=O) groups excluding carboxylic acids is 1. The molecular weight excluding hydrogens is 1760 g/mol. The second-order valence-corrected chi connectivity index (χ2v) is 23.3. The van der Waals surface area contributed by atoms with Gasteiger partial charge in [0.1, 0.15) is 54.9 Å². The molecule has 0 unspecified atom stereocenters. The number of hydrogen-bond donors (Lipinski definition) is 17. The Kier molecular flexibility index (Phi) is 35.8. The highest BCUT2D eigenvalue weighted by Gasteiger charge is 2.81. The van der Waals surface area contributed by atoms with Crippen LogP contribution in [0.25, 0.3) is 0 Å². The average Bonchev–Trinajstić information content (AvgIpc) is 1.57. The topological polar surface area (TPSA) is 566 Å². The summed E-state index contributed by atoms with van der Waals surface area (Å²) >= 11 is 0. The third-order valence-corrected chi connectivity index (χ3v) is 15.0. The van der Waals surface area contributed by atoms with Crippen molar-refractivity contribution in [1.29, 1.82) is 0 Å². The number of ether oxygens (including phenoxy) is 6. The van der Waals surface area contributed by atoms with Crippen LogP contribution in [0, 0.1) is 10.1 Å². The highest BCUT2D eigenvalue weighted by molar-refractivity contribution is 5.82. The Labute approximate surface area is 620 Å². The van der Waals surface area contributed by atoms with Crippen molar-refractivity contribution in [2.45, 2.75) is 226 Å². The average molecular weight is 1820 g/mol. The number of carboxylic acid groups (broad SMARTS) is 5. The van der Waals surface area contributed by atoms with Gasteiger partial charge in [0, 0.05) is 37.3 Å². The number of nitrogens with one attached hydrogen (secondary N) is 1. The Balaban J connectivity index is 0.00000167. The number of aliphatic carboxylic acids is 5. The van der Waals surface area contributed by atoms with Gasteiger partial charge >= 0.3 is 120 Å². The van der Waals surface area contributed by atoms with Crippen LogP contribution in [0.5, 0.6) is 0 Å². The lowest BCUT2D eigenvalue weighted by molar-refractivity contribution is -0.384. The number of carboxylic acids is 5. The quantitative estimate of drug-likeness (QED) is 0.0478. The molecule has 3 aliphatic heterocycles. The SMILES string of the molecule is C[C@H]1O[C@H](O[C@H]2[C@H](O[C@@H]3O[C@H](C(=O)NCc4ccc([N+](=O)[O-])cc4)[C@@H](O[C@H]4O[C@@H](CN)[C@@H](O)[C@H](O)[C@H]4N)[C@H]3O)[C@@H](O)[C@H](N)C[C@@H]2N)[C@H](N)[C@@H](O)[C@@H]1O.O=C(O)C(F)(F)C(F)(F)C(F)(F)F.O=C(O)C(F)(F)C(F)(F)C(F)(F)F.O=C(O)C(F)(F)C(F)(F)C(F)(F)F.O=C(O)C(F)(F)C(F)(F)C(F)(F)F.O=C(O)C(F)(F)C(F)(F)C(F)(F)F. The van der Waals surface area contributed by atoms with Gasteiger partial charge in [0.25, 0.3) is 11.6 Å². The number of nitro benzene ring substituents is 1. The van der Waals surface area contributed by atoms with Crippen molar-refractivity contribution < 1.29 is 272 Å². The summed E-state index contributed by atoms with van der Waals surface area (Å²) in [6, 6.07) is 0.869. The number of aliphatic hydroxyl groups excluding tert-OH is 6. The molecule has 1 amide bonds. The number of amides is 1. The lowest BCUT2D eigenvalue weighted by Gasteiger charge is -2.47. The second-order valence-electron chi connectivity index (χ2n) is 23.3. The summed E-state index contributed by atoms with van der Waals surface area (Å²) in [6.45, 7) is 1.11. The van der Waals surface area contributed by atoms with E-state index >= 15 is 0 Å². The van der Waals surface area contributed by atoms with Crippen LogP contribution in [0.2, 0.25) is 0 Å². The summed E-state index contributed by atoms with van der Waals surface area (Å²) < 4.78 is 438. The molecule has 1 aromatic rings. The van der Waals surface area contributed by atoms with Crippen LogP contribution in [0.15, 0.2) is 24.3 Å². The van der Waals surface area contributed by atoms with Crippen LogP contribution in [-0.2, 0) is 63.7 Å². The molecule has 684 valence electrons. The van der Waals surface area contributed by atoms with Crippen molar-refractivity contribution in [1.82, 2.24) is 5.32 Å². The monoisotopic (exact) mass is 1820 g/mol. The Morgan fingerprint density at radius 2 is 0.709 bits per heavy atom. The van der Waals surface area contributed by atoms with E-state index in [-0.39, 0.29) is 25.2 Å². The molecule has 3 saturated heterocycles. The zero-order valence-corrected chi connectivity index (χ0v) is 55.6. The summed E-state index contributed by atoms with van der Waals surface area (Å²) in [5.74, 6) is -82.2. The van der Waals surface area contributed by atoms with Gasteiger partial charge < -0.3 is 119 Å². The number of carbonyl (C=O) groups is 6. The molecular formula is C50H54F35N7O25. The number of hydrogen-bond acceptors (Lipinski definition) is 25. The first-order chi connectivity index (χ1) is 51.7. The normalized spacial score (nSPS) is 28.2. The van der Waals surface area contributed by atoms with Gasteiger partial charge in [0.2, 0.25) is 0 Å². The number of nitro groups is 1. The number of benzene rings is 1. The van der Waals surface area contributed by atoms with Crippen LogP contribution in [-0.4, -0.2) is 310 Å². The molecule has 0 radical (unpaired) electrons. The van der Waals surface area contributed by atoms with E-state index in [0.29, 0.717) is 5.56 Å². The number of non-ortho nitro benzene ring substituents is 1. The van der Waals surface area contributed by atoms with Gasteiger partial charge in [-0.15, -0.1) is 0 Å². The van der Waals surface area contributed by atoms with Gasteiger partial charge in [-0.1, -0.05) is 12.1 Å². The first-order valence-electron chi connectivity index (χ1n) is 29.3. The van der Waals surface area contributed by atoms with Crippen LogP contribution in [0.1, 0.15) is 18.9 Å². The van der Waals surface area contributed by atoms with Crippen molar-refractivity contribution in [2.75, 3.05) is 6.54 Å². The maximum atomic E-state index is 13.6. The Morgan fingerprint density at radius 1 is 0.419 bits per heavy atom. The van der Waals surface area contributed by atoms with Crippen LogP contribution < -0.4 is 34.0 Å². The minimum Gasteiger partial charge on any atom is -0.477 e. The lowest BCUT2D eigenvalue weighted by atomic mass is 9.84.